The highest BCUT2D eigenvalue weighted by atomic mass is 32.1. The first-order chi connectivity index (χ1) is 18.1. The molecule has 0 aliphatic rings. The lowest BCUT2D eigenvalue weighted by Gasteiger charge is -2.25. The van der Waals surface area contributed by atoms with Crippen LogP contribution in [0, 0.1) is 20.0 Å². The van der Waals surface area contributed by atoms with Gasteiger partial charge in [-0.2, -0.15) is 0 Å². The van der Waals surface area contributed by atoms with Gasteiger partial charge in [-0.3, -0.25) is 30.1 Å². The van der Waals surface area contributed by atoms with Crippen molar-refractivity contribution in [2.75, 3.05) is 5.32 Å². The number of alkyl carbamates (subject to hydrolysis) is 1. The molecule has 0 saturated heterocycles. The molecule has 2 atom stereocenters. The molecule has 0 aliphatic heterocycles. The number of anilines is 1. The molecule has 3 aromatic rings. The topological polar surface area (TPSA) is 168 Å². The van der Waals surface area contributed by atoms with Crippen molar-refractivity contribution in [3.63, 3.8) is 0 Å². The van der Waals surface area contributed by atoms with E-state index in [4.69, 9.17) is 17.0 Å². The monoisotopic (exact) mass is 558 g/mol. The lowest BCUT2D eigenvalue weighted by molar-refractivity contribution is -0.384. The number of hydrogen-bond acceptors (Lipinski definition) is 9. The third kappa shape index (κ3) is 8.45. The van der Waals surface area contributed by atoms with Crippen molar-refractivity contribution in [2.24, 2.45) is 5.92 Å². The fourth-order valence-corrected chi connectivity index (χ4v) is 4.15. The standard InChI is InChI=1S/C24H26N6O6S2/c1-14(2)19(21(32)27-22-28-29-24(37)38-22)26-20(31)18(12-15-8-10-17(11-9-15)30(34)35)25-23(33)36-13-16-6-4-3-5-7-16/h3-11,14,18-19H,12-13H2,1-2H3,(H,25,33)(H,26,31)(H,29,37)(H,27,28,32)/t18-,19-/m0/s1. The molecule has 0 radical (unpaired) electrons. The molecular weight excluding hydrogens is 532 g/mol. The quantitative estimate of drug-likeness (QED) is 0.157. The van der Waals surface area contributed by atoms with Crippen molar-refractivity contribution in [3.8, 4) is 0 Å². The van der Waals surface area contributed by atoms with E-state index in [-0.39, 0.29) is 29.8 Å². The summed E-state index contributed by atoms with van der Waals surface area (Å²) in [6, 6.07) is 12.5. The van der Waals surface area contributed by atoms with E-state index in [1.807, 2.05) is 6.07 Å². The molecule has 0 bridgehead atoms. The van der Waals surface area contributed by atoms with Crippen LogP contribution in [-0.4, -0.2) is 45.1 Å². The predicted molar refractivity (Wildman–Crippen MR) is 143 cm³/mol. The summed E-state index contributed by atoms with van der Waals surface area (Å²) in [6.45, 7) is 3.50. The Balaban J connectivity index is 1.74. The summed E-state index contributed by atoms with van der Waals surface area (Å²) in [5.41, 5.74) is 1.21. The van der Waals surface area contributed by atoms with Gasteiger partial charge in [-0.1, -0.05) is 67.6 Å². The number of aromatic nitrogens is 2. The average Bonchev–Trinajstić information content (AvgIpc) is 3.30. The van der Waals surface area contributed by atoms with Crippen LogP contribution in [-0.2, 0) is 27.4 Å². The van der Waals surface area contributed by atoms with E-state index in [0.717, 1.165) is 16.9 Å². The summed E-state index contributed by atoms with van der Waals surface area (Å²) in [5, 5.41) is 25.5. The molecule has 0 spiro atoms. The van der Waals surface area contributed by atoms with Crippen LogP contribution < -0.4 is 16.0 Å². The molecule has 1 aromatic heterocycles. The predicted octanol–water partition coefficient (Wildman–Crippen LogP) is 3.73. The molecule has 0 fully saturated rings. The number of carbonyl (C=O) groups is 3. The van der Waals surface area contributed by atoms with Gasteiger partial charge in [-0.15, -0.1) is 5.10 Å². The van der Waals surface area contributed by atoms with Crippen LogP contribution in [0.1, 0.15) is 25.0 Å². The van der Waals surface area contributed by atoms with Gasteiger partial charge in [0.2, 0.25) is 16.9 Å². The lowest BCUT2D eigenvalue weighted by Crippen LogP contribution is -2.55. The Labute approximate surface area is 227 Å². The largest absolute Gasteiger partial charge is 0.445 e. The van der Waals surface area contributed by atoms with Crippen molar-refractivity contribution in [1.29, 1.82) is 0 Å². The Morgan fingerprint density at radius 2 is 1.74 bits per heavy atom. The second kappa shape index (κ2) is 13.4. The van der Waals surface area contributed by atoms with Gasteiger partial charge < -0.3 is 15.4 Å². The summed E-state index contributed by atoms with van der Waals surface area (Å²) in [5.74, 6) is -1.45. The zero-order chi connectivity index (χ0) is 27.7. The van der Waals surface area contributed by atoms with Crippen molar-refractivity contribution in [1.82, 2.24) is 20.8 Å². The second-order valence-corrected chi connectivity index (χ2v) is 10.2. The number of benzene rings is 2. The molecule has 0 aliphatic carbocycles. The van der Waals surface area contributed by atoms with Crippen LogP contribution in [0.25, 0.3) is 0 Å². The van der Waals surface area contributed by atoms with Crippen LogP contribution in [0.3, 0.4) is 0 Å². The van der Waals surface area contributed by atoms with Crippen molar-refractivity contribution < 1.29 is 24.0 Å². The van der Waals surface area contributed by atoms with Gasteiger partial charge in [-0.05, 0) is 29.3 Å². The second-order valence-electron chi connectivity index (χ2n) is 8.52. The number of nitrogens with zero attached hydrogens (tertiary/aromatic N) is 2. The maximum Gasteiger partial charge on any atom is 0.408 e. The van der Waals surface area contributed by atoms with E-state index in [0.29, 0.717) is 9.52 Å². The minimum atomic E-state index is -1.14. The third-order valence-electron chi connectivity index (χ3n) is 5.32. The SMILES string of the molecule is CC(C)[C@H](NC(=O)[C@H](Cc1ccc([N+](=O)[O-])cc1)NC(=O)OCc1ccccc1)C(=O)Nc1n[nH]c(=S)s1. The highest BCUT2D eigenvalue weighted by Crippen LogP contribution is 2.15. The van der Waals surface area contributed by atoms with Crippen LogP contribution in [0.5, 0.6) is 0 Å². The minimum Gasteiger partial charge on any atom is -0.445 e. The number of amides is 3. The van der Waals surface area contributed by atoms with E-state index in [9.17, 15) is 24.5 Å². The molecular formula is C24H26N6O6S2. The van der Waals surface area contributed by atoms with Gasteiger partial charge >= 0.3 is 6.09 Å². The van der Waals surface area contributed by atoms with E-state index in [2.05, 4.69) is 26.1 Å². The highest BCUT2D eigenvalue weighted by Gasteiger charge is 2.30. The Hall–Kier alpha value is -4.17. The Morgan fingerprint density at radius 1 is 1.05 bits per heavy atom. The maximum atomic E-state index is 13.3. The molecule has 1 heterocycles. The highest BCUT2D eigenvalue weighted by molar-refractivity contribution is 7.73. The number of nitro groups is 1. The van der Waals surface area contributed by atoms with Crippen molar-refractivity contribution in [2.45, 2.75) is 39.0 Å². The summed E-state index contributed by atoms with van der Waals surface area (Å²) >= 11 is 6.04. The van der Waals surface area contributed by atoms with Gasteiger partial charge in [0.25, 0.3) is 5.69 Å². The number of rotatable bonds is 11. The molecule has 3 amide bonds. The fourth-order valence-electron chi connectivity index (χ4n) is 3.36. The number of aromatic amines is 1. The van der Waals surface area contributed by atoms with Gasteiger partial charge in [0.05, 0.1) is 4.92 Å². The van der Waals surface area contributed by atoms with Crippen LogP contribution >= 0.6 is 23.6 Å². The first kappa shape index (κ1) is 28.4. The Morgan fingerprint density at radius 3 is 2.32 bits per heavy atom. The van der Waals surface area contributed by atoms with Crippen molar-refractivity contribution in [3.05, 3.63) is 79.8 Å². The first-order valence-corrected chi connectivity index (χ1v) is 12.7. The number of ether oxygens (including phenoxy) is 1. The smallest absolute Gasteiger partial charge is 0.408 e. The fraction of sp³-hybridized carbons (Fsp3) is 0.292. The zero-order valence-electron chi connectivity index (χ0n) is 20.5. The Bertz CT molecular complexity index is 1330. The molecule has 14 heteroatoms. The van der Waals surface area contributed by atoms with Crippen LogP contribution in [0.15, 0.2) is 54.6 Å². The van der Waals surface area contributed by atoms with Gasteiger partial charge in [-0.25, -0.2) is 4.79 Å². The number of nitrogens with one attached hydrogen (secondary N) is 4. The van der Waals surface area contributed by atoms with Gasteiger partial charge in [0, 0.05) is 18.6 Å². The van der Waals surface area contributed by atoms with Crippen LogP contribution in [0.2, 0.25) is 0 Å². The van der Waals surface area contributed by atoms with Crippen LogP contribution in [0.4, 0.5) is 15.6 Å². The molecule has 0 unspecified atom stereocenters. The number of hydrogen-bond donors (Lipinski definition) is 4. The van der Waals surface area contributed by atoms with E-state index in [1.54, 1.807) is 38.1 Å². The minimum absolute atomic E-state index is 0.00253. The molecule has 4 N–H and O–H groups in total. The summed E-state index contributed by atoms with van der Waals surface area (Å²) < 4.78 is 5.64. The third-order valence-corrected chi connectivity index (χ3v) is 6.33. The number of carbonyl (C=O) groups excluding carboxylic acids is 3. The Kier molecular flexibility index (Phi) is 10.0. The molecule has 12 nitrogen and oxygen atoms in total. The molecule has 2 aromatic carbocycles. The molecule has 0 saturated carbocycles. The van der Waals surface area contributed by atoms with E-state index in [1.165, 1.54) is 24.3 Å². The maximum absolute atomic E-state index is 13.3. The van der Waals surface area contributed by atoms with Crippen molar-refractivity contribution >= 4 is 52.3 Å². The summed E-state index contributed by atoms with van der Waals surface area (Å²) in [4.78, 5) is 49.2. The summed E-state index contributed by atoms with van der Waals surface area (Å²) in [7, 11) is 0. The number of H-pyrrole nitrogens is 1. The lowest BCUT2D eigenvalue weighted by atomic mass is 10.0. The zero-order valence-corrected chi connectivity index (χ0v) is 22.1. The average molecular weight is 559 g/mol. The van der Waals surface area contributed by atoms with Gasteiger partial charge in [0.15, 0.2) is 3.95 Å². The van der Waals surface area contributed by atoms with E-state index >= 15 is 0 Å². The normalized spacial score (nSPS) is 12.3. The number of non-ortho nitro benzene ring substituents is 1. The summed E-state index contributed by atoms with van der Waals surface area (Å²) in [6.07, 6.45) is -0.838. The molecule has 3 rings (SSSR count). The molecule has 38 heavy (non-hydrogen) atoms. The van der Waals surface area contributed by atoms with E-state index < -0.39 is 34.9 Å². The van der Waals surface area contributed by atoms with Gasteiger partial charge in [0.1, 0.15) is 18.7 Å². The first-order valence-electron chi connectivity index (χ1n) is 11.5. The number of nitro benzene ring substituents is 1. The molecule has 200 valence electrons.